The van der Waals surface area contributed by atoms with Crippen LogP contribution < -0.4 is 10.2 Å². The van der Waals surface area contributed by atoms with Gasteiger partial charge in [0.15, 0.2) is 5.82 Å². The summed E-state index contributed by atoms with van der Waals surface area (Å²) in [4.78, 5) is 17.9. The molecule has 8 heteroatoms. The minimum Gasteiger partial charge on any atom is -0.378 e. The number of nitriles is 1. The van der Waals surface area contributed by atoms with E-state index in [0.29, 0.717) is 23.4 Å². The van der Waals surface area contributed by atoms with Crippen LogP contribution >= 0.6 is 0 Å². The Hall–Kier alpha value is -3.54. The fourth-order valence-corrected chi connectivity index (χ4v) is 3.89. The molecule has 0 radical (unpaired) electrons. The van der Waals surface area contributed by atoms with Gasteiger partial charge in [0.2, 0.25) is 5.95 Å². The average Bonchev–Trinajstić information content (AvgIpc) is 2.79. The fourth-order valence-electron chi connectivity index (χ4n) is 3.89. The molecular weight excluding hydrogens is 390 g/mol. The van der Waals surface area contributed by atoms with Crippen LogP contribution in [0.1, 0.15) is 5.56 Å². The Kier molecular flexibility index (Phi) is 5.44. The Labute approximate surface area is 181 Å². The Morgan fingerprint density at radius 3 is 2.52 bits per heavy atom. The number of aromatic nitrogens is 3. The maximum absolute atomic E-state index is 9.10. The molecule has 0 bridgehead atoms. The molecular formula is C23H23N7O. The third kappa shape index (κ3) is 4.33. The van der Waals surface area contributed by atoms with Crippen LogP contribution in [0.3, 0.4) is 0 Å². The molecule has 0 aliphatic carbocycles. The monoisotopic (exact) mass is 413 g/mol. The molecule has 0 atom stereocenters. The number of ether oxygens (including phenoxy) is 1. The maximum atomic E-state index is 9.10. The maximum Gasteiger partial charge on any atom is 0.230 e. The van der Waals surface area contributed by atoms with Crippen molar-refractivity contribution in [2.45, 2.75) is 6.04 Å². The second kappa shape index (κ2) is 8.68. The second-order valence-electron chi connectivity index (χ2n) is 7.71. The van der Waals surface area contributed by atoms with Crippen molar-refractivity contribution < 1.29 is 4.74 Å². The van der Waals surface area contributed by atoms with Crippen molar-refractivity contribution in [2.24, 2.45) is 0 Å². The van der Waals surface area contributed by atoms with Crippen molar-refractivity contribution in [3.63, 3.8) is 0 Å². The topological polar surface area (TPSA) is 90.2 Å². The van der Waals surface area contributed by atoms with Gasteiger partial charge >= 0.3 is 0 Å². The molecule has 2 fully saturated rings. The highest BCUT2D eigenvalue weighted by atomic mass is 16.5. The van der Waals surface area contributed by atoms with Crippen LogP contribution in [-0.4, -0.2) is 65.3 Å². The lowest BCUT2D eigenvalue weighted by Gasteiger charge is -2.43. The van der Waals surface area contributed by atoms with E-state index in [1.807, 2.05) is 24.3 Å². The van der Waals surface area contributed by atoms with E-state index >= 15 is 0 Å². The highest BCUT2D eigenvalue weighted by molar-refractivity contribution is 5.62. The molecule has 3 aromatic rings. The molecule has 0 unspecified atom stereocenters. The van der Waals surface area contributed by atoms with E-state index in [0.717, 1.165) is 50.6 Å². The molecule has 2 aliphatic rings. The summed E-state index contributed by atoms with van der Waals surface area (Å²) >= 11 is 0. The molecule has 31 heavy (non-hydrogen) atoms. The number of anilines is 3. The minimum absolute atomic E-state index is 0.469. The summed E-state index contributed by atoms with van der Waals surface area (Å²) in [6.07, 6.45) is 1.48. The lowest BCUT2D eigenvalue weighted by Crippen LogP contribution is -2.56. The lowest BCUT2D eigenvalue weighted by atomic mass is 10.1. The van der Waals surface area contributed by atoms with Gasteiger partial charge in [-0.05, 0) is 36.4 Å². The largest absolute Gasteiger partial charge is 0.378 e. The number of hydrogen-bond acceptors (Lipinski definition) is 8. The Bertz CT molecular complexity index is 1080. The Balaban J connectivity index is 1.23. The predicted octanol–water partition coefficient (Wildman–Crippen LogP) is 2.67. The van der Waals surface area contributed by atoms with Gasteiger partial charge in [0.05, 0.1) is 30.9 Å². The average molecular weight is 413 g/mol. The molecule has 1 aromatic heterocycles. The summed E-state index contributed by atoms with van der Waals surface area (Å²) in [6, 6.07) is 18.3. The minimum atomic E-state index is 0.469. The first-order valence-corrected chi connectivity index (χ1v) is 10.4. The van der Waals surface area contributed by atoms with Crippen LogP contribution in [0.15, 0.2) is 54.9 Å². The van der Waals surface area contributed by atoms with Gasteiger partial charge in [-0.15, -0.1) is 0 Å². The van der Waals surface area contributed by atoms with E-state index in [1.165, 1.54) is 12.0 Å². The van der Waals surface area contributed by atoms with Crippen molar-refractivity contribution in [1.82, 2.24) is 19.9 Å². The fraction of sp³-hybridized carbons (Fsp3) is 0.304. The molecule has 2 saturated heterocycles. The van der Waals surface area contributed by atoms with Crippen molar-refractivity contribution in [2.75, 3.05) is 49.6 Å². The third-order valence-corrected chi connectivity index (χ3v) is 5.76. The Morgan fingerprint density at radius 2 is 1.81 bits per heavy atom. The molecule has 156 valence electrons. The van der Waals surface area contributed by atoms with Crippen LogP contribution in [0.5, 0.6) is 0 Å². The normalized spacial score (nSPS) is 17.1. The van der Waals surface area contributed by atoms with Gasteiger partial charge in [-0.1, -0.05) is 12.1 Å². The van der Waals surface area contributed by atoms with Crippen LogP contribution in [0.2, 0.25) is 0 Å². The summed E-state index contributed by atoms with van der Waals surface area (Å²) < 4.78 is 5.32. The van der Waals surface area contributed by atoms with E-state index in [-0.39, 0.29) is 0 Å². The van der Waals surface area contributed by atoms with Crippen molar-refractivity contribution in [1.29, 1.82) is 5.26 Å². The van der Waals surface area contributed by atoms with Gasteiger partial charge in [0, 0.05) is 43.1 Å². The number of hydrogen-bond donors (Lipinski definition) is 1. The van der Waals surface area contributed by atoms with Gasteiger partial charge in [0.1, 0.15) is 6.33 Å². The molecule has 5 rings (SSSR count). The zero-order valence-corrected chi connectivity index (χ0v) is 17.1. The molecule has 1 N–H and O–H groups in total. The van der Waals surface area contributed by atoms with Gasteiger partial charge < -0.3 is 15.0 Å². The summed E-state index contributed by atoms with van der Waals surface area (Å²) in [5.41, 5.74) is 3.49. The molecule has 0 spiro atoms. The van der Waals surface area contributed by atoms with E-state index in [4.69, 9.17) is 10.00 Å². The number of piperazine rings is 1. The summed E-state index contributed by atoms with van der Waals surface area (Å²) in [5, 5.41) is 12.3. The second-order valence-corrected chi connectivity index (χ2v) is 7.71. The molecule has 2 aromatic carbocycles. The van der Waals surface area contributed by atoms with Crippen molar-refractivity contribution in [3.05, 3.63) is 60.4 Å². The zero-order valence-electron chi connectivity index (χ0n) is 17.1. The molecule has 8 nitrogen and oxygen atoms in total. The first kappa shape index (κ1) is 19.4. The quantitative estimate of drug-likeness (QED) is 0.683. The zero-order chi connectivity index (χ0) is 21.0. The van der Waals surface area contributed by atoms with Gasteiger partial charge in [-0.2, -0.15) is 10.2 Å². The summed E-state index contributed by atoms with van der Waals surface area (Å²) in [6.45, 7) is 5.97. The van der Waals surface area contributed by atoms with Crippen molar-refractivity contribution >= 4 is 17.3 Å². The molecule has 0 amide bonds. The highest BCUT2D eigenvalue weighted by Crippen LogP contribution is 2.23. The summed E-state index contributed by atoms with van der Waals surface area (Å²) in [7, 11) is 0. The number of benzene rings is 2. The first-order chi connectivity index (χ1) is 15.3. The number of nitrogens with zero attached hydrogens (tertiary/aromatic N) is 6. The van der Waals surface area contributed by atoms with Crippen LogP contribution in [-0.2, 0) is 4.74 Å². The highest BCUT2D eigenvalue weighted by Gasteiger charge is 2.28. The van der Waals surface area contributed by atoms with E-state index in [9.17, 15) is 0 Å². The van der Waals surface area contributed by atoms with E-state index in [1.54, 1.807) is 12.1 Å². The molecule has 0 saturated carbocycles. The van der Waals surface area contributed by atoms with E-state index < -0.39 is 0 Å². The van der Waals surface area contributed by atoms with Gasteiger partial charge in [-0.3, -0.25) is 4.90 Å². The smallest absolute Gasteiger partial charge is 0.230 e. The number of rotatable bonds is 5. The summed E-state index contributed by atoms with van der Waals surface area (Å²) in [5.74, 6) is 0.998. The molecule has 3 heterocycles. The predicted molar refractivity (Wildman–Crippen MR) is 118 cm³/mol. The van der Waals surface area contributed by atoms with Gasteiger partial charge in [0.25, 0.3) is 0 Å². The number of nitrogens with one attached hydrogen (secondary N) is 1. The van der Waals surface area contributed by atoms with Crippen LogP contribution in [0, 0.1) is 11.3 Å². The van der Waals surface area contributed by atoms with Gasteiger partial charge in [-0.25, -0.2) is 9.97 Å². The van der Waals surface area contributed by atoms with E-state index in [2.05, 4.69) is 48.3 Å². The van der Waals surface area contributed by atoms with Crippen molar-refractivity contribution in [3.8, 4) is 17.5 Å². The first-order valence-electron chi connectivity index (χ1n) is 10.4. The standard InChI is InChI=1S/C23H23N7O/c24-13-17-2-1-3-18(12-17)22-25-16-26-23(28-22)27-19-4-6-20(7-5-19)29-8-10-30(11-9-29)21-14-31-15-21/h1-7,12,16,21H,8-11,14-15H2,(H,25,26,27,28). The Morgan fingerprint density at radius 1 is 1.00 bits per heavy atom. The lowest BCUT2D eigenvalue weighted by molar-refractivity contribution is -0.0660. The molecule has 2 aliphatic heterocycles. The SMILES string of the molecule is N#Cc1cccc(-c2ncnc(Nc3ccc(N4CCN(C5COC5)CC4)cc3)n2)c1. The third-order valence-electron chi connectivity index (χ3n) is 5.76. The van der Waals surface area contributed by atoms with Crippen LogP contribution in [0.4, 0.5) is 17.3 Å². The van der Waals surface area contributed by atoms with Crippen LogP contribution in [0.25, 0.3) is 11.4 Å².